The number of anilines is 1. The molecule has 0 fully saturated rings. The van der Waals surface area contributed by atoms with Gasteiger partial charge in [0, 0.05) is 17.8 Å². The van der Waals surface area contributed by atoms with E-state index in [1.165, 1.54) is 35.3 Å². The Balaban J connectivity index is 1.57. The molecule has 2 aromatic heterocycles. The molecule has 0 spiro atoms. The first-order valence-electron chi connectivity index (χ1n) is 8.75. The molecule has 1 aromatic carbocycles. The number of ether oxygens (including phenoxy) is 1. The molecule has 0 bridgehead atoms. The fourth-order valence-electron chi connectivity index (χ4n) is 3.52. The number of esters is 1. The largest absolute Gasteiger partial charge is 0.465 e. The van der Waals surface area contributed by atoms with Crippen molar-refractivity contribution < 1.29 is 13.9 Å². The summed E-state index contributed by atoms with van der Waals surface area (Å²) in [5.41, 5.74) is 4.81. The number of furan rings is 1. The number of hydrogen-bond donors (Lipinski definition) is 0. The Bertz CT molecular complexity index is 940. The number of nitrogens with zero attached hydrogens (tertiary/aromatic N) is 1. The molecular formula is C21H21NO3S. The Morgan fingerprint density at radius 2 is 2.15 bits per heavy atom. The molecule has 4 rings (SSSR count). The van der Waals surface area contributed by atoms with Crippen molar-refractivity contribution in [3.8, 4) is 11.3 Å². The van der Waals surface area contributed by atoms with E-state index in [1.807, 2.05) is 23.6 Å². The predicted octanol–water partition coefficient (Wildman–Crippen LogP) is 5.06. The minimum Gasteiger partial charge on any atom is -0.465 e. The van der Waals surface area contributed by atoms with Crippen LogP contribution in [0.2, 0.25) is 0 Å². The molecule has 134 valence electrons. The summed E-state index contributed by atoms with van der Waals surface area (Å²) in [5.74, 6) is 1.28. The van der Waals surface area contributed by atoms with Crippen LogP contribution in [0.4, 0.5) is 5.69 Å². The maximum absolute atomic E-state index is 11.9. The summed E-state index contributed by atoms with van der Waals surface area (Å²) in [6, 6.07) is 12.5. The fraction of sp³-hybridized carbons (Fsp3) is 0.286. The number of rotatable bonds is 4. The predicted molar refractivity (Wildman–Crippen MR) is 104 cm³/mol. The minimum absolute atomic E-state index is 0.326. The van der Waals surface area contributed by atoms with Gasteiger partial charge in [0.05, 0.1) is 13.7 Å². The fourth-order valence-corrected chi connectivity index (χ4v) is 4.33. The van der Waals surface area contributed by atoms with E-state index in [4.69, 9.17) is 9.15 Å². The van der Waals surface area contributed by atoms with Gasteiger partial charge in [-0.25, -0.2) is 4.79 Å². The summed E-state index contributed by atoms with van der Waals surface area (Å²) in [6.07, 6.45) is 2.29. The Morgan fingerprint density at radius 3 is 3.00 bits per heavy atom. The van der Waals surface area contributed by atoms with Crippen LogP contribution < -0.4 is 4.90 Å². The van der Waals surface area contributed by atoms with E-state index in [9.17, 15) is 4.79 Å². The van der Waals surface area contributed by atoms with Gasteiger partial charge < -0.3 is 14.1 Å². The van der Waals surface area contributed by atoms with E-state index < -0.39 is 0 Å². The second-order valence-electron chi connectivity index (χ2n) is 6.58. The van der Waals surface area contributed by atoms with Crippen molar-refractivity contribution in [2.75, 3.05) is 18.6 Å². The van der Waals surface area contributed by atoms with Crippen LogP contribution in [0.3, 0.4) is 0 Å². The minimum atomic E-state index is -0.326. The van der Waals surface area contributed by atoms with Crippen LogP contribution >= 0.6 is 11.3 Å². The molecule has 0 unspecified atom stereocenters. The number of fused-ring (bicyclic) bond motifs is 1. The second-order valence-corrected chi connectivity index (χ2v) is 7.49. The third-order valence-electron chi connectivity index (χ3n) is 4.76. The van der Waals surface area contributed by atoms with Gasteiger partial charge in [0.15, 0.2) is 0 Å². The number of aryl methyl sites for hydroxylation is 2. The van der Waals surface area contributed by atoms with Crippen molar-refractivity contribution in [2.24, 2.45) is 0 Å². The summed E-state index contributed by atoms with van der Waals surface area (Å²) in [4.78, 5) is 14.8. The lowest BCUT2D eigenvalue weighted by Crippen LogP contribution is -2.28. The zero-order valence-electron chi connectivity index (χ0n) is 15.0. The maximum atomic E-state index is 11.9. The standard InChI is InChI=1S/C21H21NO3S/c1-14-5-7-18-15(12-14)4-3-10-22(18)13-16-6-8-19(25-16)17-9-11-26-20(17)21(23)24-2/h5-9,11-12H,3-4,10,13H2,1-2H3. The summed E-state index contributed by atoms with van der Waals surface area (Å²) in [5, 5.41) is 1.88. The van der Waals surface area contributed by atoms with E-state index in [0.717, 1.165) is 37.3 Å². The van der Waals surface area contributed by atoms with Gasteiger partial charge in [-0.3, -0.25) is 0 Å². The zero-order valence-corrected chi connectivity index (χ0v) is 15.8. The molecule has 3 heterocycles. The van der Waals surface area contributed by atoms with Gasteiger partial charge in [-0.05, 0) is 55.0 Å². The van der Waals surface area contributed by atoms with Gasteiger partial charge in [-0.2, -0.15) is 0 Å². The Morgan fingerprint density at radius 1 is 1.27 bits per heavy atom. The number of thiophene rings is 1. The third-order valence-corrected chi connectivity index (χ3v) is 5.65. The highest BCUT2D eigenvalue weighted by Gasteiger charge is 2.20. The van der Waals surface area contributed by atoms with Crippen molar-refractivity contribution in [2.45, 2.75) is 26.3 Å². The van der Waals surface area contributed by atoms with Crippen molar-refractivity contribution in [1.29, 1.82) is 0 Å². The van der Waals surface area contributed by atoms with Crippen molar-refractivity contribution in [1.82, 2.24) is 0 Å². The molecule has 4 nitrogen and oxygen atoms in total. The van der Waals surface area contributed by atoms with Crippen LogP contribution in [0.5, 0.6) is 0 Å². The number of carbonyl (C=O) groups is 1. The molecule has 26 heavy (non-hydrogen) atoms. The van der Waals surface area contributed by atoms with Gasteiger partial charge in [0.2, 0.25) is 0 Å². The van der Waals surface area contributed by atoms with Gasteiger partial charge in [0.25, 0.3) is 0 Å². The number of carbonyl (C=O) groups excluding carboxylic acids is 1. The Kier molecular flexibility index (Phi) is 4.55. The first kappa shape index (κ1) is 16.9. The number of hydrogen-bond acceptors (Lipinski definition) is 5. The highest BCUT2D eigenvalue weighted by Crippen LogP contribution is 2.33. The average molecular weight is 367 g/mol. The molecule has 0 aliphatic carbocycles. The summed E-state index contributed by atoms with van der Waals surface area (Å²) >= 11 is 1.37. The Hall–Kier alpha value is -2.53. The maximum Gasteiger partial charge on any atom is 0.348 e. The molecule has 1 aliphatic heterocycles. The molecule has 0 radical (unpaired) electrons. The van der Waals surface area contributed by atoms with Crippen molar-refractivity contribution in [3.63, 3.8) is 0 Å². The smallest absolute Gasteiger partial charge is 0.348 e. The van der Waals surface area contributed by atoms with Crippen LogP contribution in [0.15, 0.2) is 46.2 Å². The molecule has 0 N–H and O–H groups in total. The van der Waals surface area contributed by atoms with E-state index >= 15 is 0 Å². The van der Waals surface area contributed by atoms with Crippen molar-refractivity contribution in [3.05, 3.63) is 63.5 Å². The van der Waals surface area contributed by atoms with Gasteiger partial charge in [-0.15, -0.1) is 11.3 Å². The number of benzene rings is 1. The highest BCUT2D eigenvalue weighted by atomic mass is 32.1. The van der Waals surface area contributed by atoms with E-state index in [0.29, 0.717) is 10.6 Å². The molecule has 3 aromatic rings. The first-order chi connectivity index (χ1) is 12.7. The molecule has 5 heteroatoms. The molecular weight excluding hydrogens is 346 g/mol. The monoisotopic (exact) mass is 367 g/mol. The van der Waals surface area contributed by atoms with E-state index in [-0.39, 0.29) is 5.97 Å². The Labute approximate surface area is 157 Å². The molecule has 0 amide bonds. The van der Waals surface area contributed by atoms with Gasteiger partial charge in [0.1, 0.15) is 16.4 Å². The van der Waals surface area contributed by atoms with Gasteiger partial charge >= 0.3 is 5.97 Å². The van der Waals surface area contributed by atoms with Crippen LogP contribution in [0.1, 0.15) is 33.0 Å². The van der Waals surface area contributed by atoms with E-state index in [2.05, 4.69) is 30.0 Å². The lowest BCUT2D eigenvalue weighted by atomic mass is 9.99. The third kappa shape index (κ3) is 3.15. The van der Waals surface area contributed by atoms with Crippen LogP contribution in [0, 0.1) is 6.92 Å². The number of methoxy groups -OCH3 is 1. The summed E-state index contributed by atoms with van der Waals surface area (Å²) in [7, 11) is 1.40. The first-order valence-corrected chi connectivity index (χ1v) is 9.63. The molecule has 0 saturated carbocycles. The van der Waals surface area contributed by atoms with E-state index in [1.54, 1.807) is 0 Å². The van der Waals surface area contributed by atoms with Gasteiger partial charge in [-0.1, -0.05) is 17.7 Å². The van der Waals surface area contributed by atoms with Crippen LogP contribution in [0.25, 0.3) is 11.3 Å². The van der Waals surface area contributed by atoms with Crippen LogP contribution in [-0.4, -0.2) is 19.6 Å². The molecule has 0 saturated heterocycles. The van der Waals surface area contributed by atoms with Crippen LogP contribution in [-0.2, 0) is 17.7 Å². The SMILES string of the molecule is COC(=O)c1sccc1-c1ccc(CN2CCCc3cc(C)ccc32)o1. The quantitative estimate of drug-likeness (QED) is 0.605. The topological polar surface area (TPSA) is 42.7 Å². The molecule has 1 aliphatic rings. The zero-order chi connectivity index (χ0) is 18.1. The average Bonchev–Trinajstić information content (AvgIpc) is 3.30. The molecule has 0 atom stereocenters. The summed E-state index contributed by atoms with van der Waals surface area (Å²) < 4.78 is 10.9. The second kappa shape index (κ2) is 7.00. The normalized spacial score (nSPS) is 13.5. The summed E-state index contributed by atoms with van der Waals surface area (Å²) in [6.45, 7) is 3.89. The highest BCUT2D eigenvalue weighted by molar-refractivity contribution is 7.12. The lowest BCUT2D eigenvalue weighted by molar-refractivity contribution is 0.0607. The lowest BCUT2D eigenvalue weighted by Gasteiger charge is -2.30. The van der Waals surface area contributed by atoms with Crippen molar-refractivity contribution >= 4 is 23.0 Å².